The average Bonchev–Trinajstić information content (AvgIpc) is 2.71. The minimum atomic E-state index is -3.90. The highest BCUT2D eigenvalue weighted by Gasteiger charge is 2.17. The van der Waals surface area contributed by atoms with E-state index < -0.39 is 21.9 Å². The lowest BCUT2D eigenvalue weighted by atomic mass is 10.2. The normalized spacial score (nSPS) is 10.9. The van der Waals surface area contributed by atoms with Crippen LogP contribution in [0.3, 0.4) is 0 Å². The maximum atomic E-state index is 13.7. The van der Waals surface area contributed by atoms with Gasteiger partial charge >= 0.3 is 6.03 Å². The van der Waals surface area contributed by atoms with Crippen LogP contribution in [0.25, 0.3) is 0 Å². The molecule has 0 saturated carbocycles. The van der Waals surface area contributed by atoms with Crippen LogP contribution in [0.15, 0.2) is 71.6 Å². The maximum absolute atomic E-state index is 13.7. The molecule has 3 aromatic rings. The lowest BCUT2D eigenvalue weighted by Gasteiger charge is -2.13. The zero-order valence-corrected chi connectivity index (χ0v) is 17.1. The van der Waals surface area contributed by atoms with Crippen molar-refractivity contribution in [3.05, 3.63) is 78.1 Å². The number of halogens is 1. The lowest BCUT2D eigenvalue weighted by molar-refractivity contribution is 0.262. The van der Waals surface area contributed by atoms with Crippen molar-refractivity contribution >= 4 is 33.1 Å². The Kier molecular flexibility index (Phi) is 6.22. The van der Waals surface area contributed by atoms with Gasteiger partial charge in [0, 0.05) is 11.4 Å². The third kappa shape index (κ3) is 5.06. The maximum Gasteiger partial charge on any atom is 0.323 e. The van der Waals surface area contributed by atoms with E-state index in [0.717, 1.165) is 0 Å². The number of para-hydroxylation sites is 1. The number of hydrogen-bond donors (Lipinski definition) is 3. The highest BCUT2D eigenvalue weighted by molar-refractivity contribution is 7.92. The van der Waals surface area contributed by atoms with E-state index in [-0.39, 0.29) is 16.3 Å². The number of carbonyl (C=O) groups excluding carboxylic acids is 1. The number of aryl methyl sites for hydroxylation is 1. The number of hydrogen-bond acceptors (Lipinski definition) is 4. The van der Waals surface area contributed by atoms with E-state index in [4.69, 9.17) is 4.74 Å². The van der Waals surface area contributed by atoms with Crippen LogP contribution in [-0.4, -0.2) is 21.6 Å². The van der Waals surface area contributed by atoms with E-state index in [0.29, 0.717) is 17.0 Å². The number of methoxy groups -OCH3 is 1. The van der Waals surface area contributed by atoms with Gasteiger partial charge < -0.3 is 15.4 Å². The molecule has 7 nitrogen and oxygen atoms in total. The molecule has 0 heterocycles. The van der Waals surface area contributed by atoms with E-state index >= 15 is 0 Å². The Labute approximate surface area is 173 Å². The van der Waals surface area contributed by atoms with Crippen molar-refractivity contribution in [2.45, 2.75) is 11.8 Å². The third-order valence-electron chi connectivity index (χ3n) is 4.23. The zero-order chi connectivity index (χ0) is 21.7. The largest absolute Gasteiger partial charge is 0.497 e. The molecule has 0 fully saturated rings. The summed E-state index contributed by atoms with van der Waals surface area (Å²) < 4.78 is 46.7. The van der Waals surface area contributed by atoms with Crippen LogP contribution < -0.4 is 20.1 Å². The summed E-state index contributed by atoms with van der Waals surface area (Å²) in [5.41, 5.74) is 1.30. The first kappa shape index (κ1) is 21.1. The number of urea groups is 1. The third-order valence-corrected chi connectivity index (χ3v) is 5.61. The molecule has 0 bridgehead atoms. The Bertz CT molecular complexity index is 1170. The summed E-state index contributed by atoms with van der Waals surface area (Å²) in [7, 11) is -2.38. The molecule has 0 spiro atoms. The number of sulfonamides is 1. The fourth-order valence-electron chi connectivity index (χ4n) is 2.61. The van der Waals surface area contributed by atoms with Crippen molar-refractivity contribution in [3.8, 4) is 5.75 Å². The Morgan fingerprint density at radius 1 is 0.933 bits per heavy atom. The molecule has 0 aliphatic heterocycles. The smallest absolute Gasteiger partial charge is 0.323 e. The van der Waals surface area contributed by atoms with Crippen LogP contribution >= 0.6 is 0 Å². The molecule has 0 aliphatic rings. The Morgan fingerprint density at radius 3 is 2.27 bits per heavy atom. The van der Waals surface area contributed by atoms with Crippen molar-refractivity contribution in [1.29, 1.82) is 0 Å². The molecule has 156 valence electrons. The van der Waals surface area contributed by atoms with Gasteiger partial charge in [0.25, 0.3) is 10.0 Å². The zero-order valence-electron chi connectivity index (χ0n) is 16.3. The number of rotatable bonds is 6. The van der Waals surface area contributed by atoms with Crippen molar-refractivity contribution in [2.24, 2.45) is 0 Å². The van der Waals surface area contributed by atoms with E-state index in [1.54, 1.807) is 43.3 Å². The molecule has 0 saturated heterocycles. The summed E-state index contributed by atoms with van der Waals surface area (Å²) in [6, 6.07) is 15.8. The Morgan fingerprint density at radius 2 is 1.60 bits per heavy atom. The fourth-order valence-corrected chi connectivity index (χ4v) is 3.70. The van der Waals surface area contributed by atoms with E-state index in [1.807, 2.05) is 0 Å². The second-order valence-corrected chi connectivity index (χ2v) is 8.05. The molecule has 3 N–H and O–H groups in total. The van der Waals surface area contributed by atoms with Crippen molar-refractivity contribution in [3.63, 3.8) is 0 Å². The average molecular weight is 429 g/mol. The standard InChI is InChI=1S/C21H20FN3O4S/c1-14-7-12-17(30(27,28)25-15-8-10-16(29-2)11-9-15)13-20(14)24-21(26)23-19-6-4-3-5-18(19)22/h3-13,25H,1-2H3,(H2,23,24,26). The first-order valence-electron chi connectivity index (χ1n) is 8.88. The summed E-state index contributed by atoms with van der Waals surface area (Å²) >= 11 is 0. The summed E-state index contributed by atoms with van der Waals surface area (Å²) in [6.07, 6.45) is 0. The number of amides is 2. The molecule has 30 heavy (non-hydrogen) atoms. The van der Waals surface area contributed by atoms with Gasteiger partial charge in [-0.05, 0) is 61.0 Å². The van der Waals surface area contributed by atoms with Gasteiger partial charge in [-0.25, -0.2) is 17.6 Å². The predicted molar refractivity (Wildman–Crippen MR) is 114 cm³/mol. The number of nitrogens with one attached hydrogen (secondary N) is 3. The van der Waals surface area contributed by atoms with Gasteiger partial charge in [-0.2, -0.15) is 0 Å². The predicted octanol–water partition coefficient (Wildman–Crippen LogP) is 4.59. The summed E-state index contributed by atoms with van der Waals surface area (Å²) in [5.74, 6) is 0.0185. The summed E-state index contributed by atoms with van der Waals surface area (Å²) in [4.78, 5) is 12.2. The van der Waals surface area contributed by atoms with Gasteiger partial charge in [-0.15, -0.1) is 0 Å². The number of carbonyl (C=O) groups is 1. The molecule has 3 aromatic carbocycles. The molecule has 0 atom stereocenters. The van der Waals surface area contributed by atoms with Crippen LogP contribution in [0.1, 0.15) is 5.56 Å². The SMILES string of the molecule is COc1ccc(NS(=O)(=O)c2ccc(C)c(NC(=O)Nc3ccccc3F)c2)cc1. The second-order valence-electron chi connectivity index (χ2n) is 6.37. The Hall–Kier alpha value is -3.59. The minimum Gasteiger partial charge on any atom is -0.497 e. The van der Waals surface area contributed by atoms with Crippen LogP contribution in [0.4, 0.5) is 26.2 Å². The number of benzene rings is 3. The fraction of sp³-hybridized carbons (Fsp3) is 0.0952. The van der Waals surface area contributed by atoms with Gasteiger partial charge in [0.2, 0.25) is 0 Å². The van der Waals surface area contributed by atoms with E-state index in [1.165, 1.54) is 37.4 Å². The first-order chi connectivity index (χ1) is 14.3. The molecule has 0 aliphatic carbocycles. The van der Waals surface area contributed by atoms with Gasteiger partial charge in [0.15, 0.2) is 0 Å². The van der Waals surface area contributed by atoms with E-state index in [2.05, 4.69) is 15.4 Å². The minimum absolute atomic E-state index is 0.0117. The quantitative estimate of drug-likeness (QED) is 0.534. The molecule has 3 rings (SSSR count). The number of ether oxygens (including phenoxy) is 1. The number of anilines is 3. The van der Waals surface area contributed by atoms with Crippen LogP contribution in [0.5, 0.6) is 5.75 Å². The van der Waals surface area contributed by atoms with Gasteiger partial charge in [-0.3, -0.25) is 4.72 Å². The van der Waals surface area contributed by atoms with Gasteiger partial charge in [-0.1, -0.05) is 18.2 Å². The molecule has 0 radical (unpaired) electrons. The monoisotopic (exact) mass is 429 g/mol. The second kappa shape index (κ2) is 8.83. The molecule has 0 aromatic heterocycles. The summed E-state index contributed by atoms with van der Waals surface area (Å²) in [5, 5.41) is 4.94. The van der Waals surface area contributed by atoms with Crippen molar-refractivity contribution in [2.75, 3.05) is 22.5 Å². The lowest BCUT2D eigenvalue weighted by Crippen LogP contribution is -2.21. The summed E-state index contributed by atoms with van der Waals surface area (Å²) in [6.45, 7) is 1.71. The van der Waals surface area contributed by atoms with Crippen LogP contribution in [0, 0.1) is 12.7 Å². The van der Waals surface area contributed by atoms with E-state index in [9.17, 15) is 17.6 Å². The Balaban J connectivity index is 1.78. The first-order valence-corrected chi connectivity index (χ1v) is 10.4. The van der Waals surface area contributed by atoms with Crippen LogP contribution in [-0.2, 0) is 10.0 Å². The highest BCUT2D eigenvalue weighted by Crippen LogP contribution is 2.24. The van der Waals surface area contributed by atoms with Crippen molar-refractivity contribution in [1.82, 2.24) is 0 Å². The molecular weight excluding hydrogens is 409 g/mol. The molecule has 0 unspecified atom stereocenters. The highest BCUT2D eigenvalue weighted by atomic mass is 32.2. The molecule has 9 heteroatoms. The van der Waals surface area contributed by atoms with Gasteiger partial charge in [0.05, 0.1) is 17.7 Å². The molecular formula is C21H20FN3O4S. The van der Waals surface area contributed by atoms with Crippen LogP contribution in [0.2, 0.25) is 0 Å². The topological polar surface area (TPSA) is 96.5 Å². The van der Waals surface area contributed by atoms with Crippen molar-refractivity contribution < 1.29 is 22.3 Å². The van der Waals surface area contributed by atoms with Gasteiger partial charge in [0.1, 0.15) is 11.6 Å². The molecule has 2 amide bonds.